The summed E-state index contributed by atoms with van der Waals surface area (Å²) in [6.07, 6.45) is 2.22. The zero-order chi connectivity index (χ0) is 20.1. The van der Waals surface area contributed by atoms with Crippen molar-refractivity contribution < 1.29 is 0 Å². The van der Waals surface area contributed by atoms with Crippen molar-refractivity contribution in [3.8, 4) is 0 Å². The van der Waals surface area contributed by atoms with Crippen molar-refractivity contribution in [1.82, 2.24) is 15.3 Å². The SMILES string of the molecule is CN(C)c1cc(NC2CCCNC2)nc(N=C(N)Nc2ccc(Cl)c(Cl)c2)n1. The lowest BCUT2D eigenvalue weighted by atomic mass is 10.1. The third-order valence-corrected chi connectivity index (χ3v) is 4.96. The van der Waals surface area contributed by atoms with Crippen molar-refractivity contribution in [3.63, 3.8) is 0 Å². The third kappa shape index (κ3) is 5.60. The predicted molar refractivity (Wildman–Crippen MR) is 117 cm³/mol. The molecule has 8 nitrogen and oxygen atoms in total. The maximum absolute atomic E-state index is 6.03. The van der Waals surface area contributed by atoms with E-state index in [2.05, 4.69) is 30.9 Å². The average Bonchev–Trinajstić information content (AvgIpc) is 2.65. The molecule has 0 saturated carbocycles. The summed E-state index contributed by atoms with van der Waals surface area (Å²) in [5.41, 5.74) is 6.70. The first-order valence-corrected chi connectivity index (χ1v) is 9.76. The number of hydrogen-bond acceptors (Lipinski definition) is 6. The van der Waals surface area contributed by atoms with E-state index in [1.54, 1.807) is 18.2 Å². The molecule has 1 aromatic carbocycles. The van der Waals surface area contributed by atoms with Crippen molar-refractivity contribution in [2.75, 3.05) is 42.7 Å². The topological polar surface area (TPSA) is 103 Å². The van der Waals surface area contributed by atoms with E-state index in [1.165, 1.54) is 0 Å². The lowest BCUT2D eigenvalue weighted by Gasteiger charge is -2.24. The number of nitrogens with zero attached hydrogens (tertiary/aromatic N) is 4. The maximum Gasteiger partial charge on any atom is 0.256 e. The van der Waals surface area contributed by atoms with E-state index in [-0.39, 0.29) is 11.9 Å². The Hall–Kier alpha value is -2.29. The molecule has 2 aromatic rings. The highest BCUT2D eigenvalue weighted by Crippen LogP contribution is 2.25. The molecule has 10 heteroatoms. The summed E-state index contributed by atoms with van der Waals surface area (Å²) in [6, 6.07) is 7.34. The van der Waals surface area contributed by atoms with Crippen LogP contribution in [0.3, 0.4) is 0 Å². The van der Waals surface area contributed by atoms with Gasteiger partial charge in [0.25, 0.3) is 5.95 Å². The molecule has 150 valence electrons. The van der Waals surface area contributed by atoms with Gasteiger partial charge in [0.1, 0.15) is 11.6 Å². The fourth-order valence-electron chi connectivity index (χ4n) is 2.82. The third-order valence-electron chi connectivity index (χ3n) is 4.22. The van der Waals surface area contributed by atoms with Crippen molar-refractivity contribution in [1.29, 1.82) is 0 Å². The average molecular weight is 423 g/mol. The highest BCUT2D eigenvalue weighted by Gasteiger charge is 2.15. The van der Waals surface area contributed by atoms with Gasteiger partial charge < -0.3 is 26.6 Å². The van der Waals surface area contributed by atoms with Gasteiger partial charge in [-0.05, 0) is 37.6 Å². The summed E-state index contributed by atoms with van der Waals surface area (Å²) in [5, 5.41) is 10.7. The molecular formula is C18H24Cl2N8. The molecule has 3 rings (SSSR count). The van der Waals surface area contributed by atoms with Crippen molar-refractivity contribution in [3.05, 3.63) is 34.3 Å². The van der Waals surface area contributed by atoms with Crippen molar-refractivity contribution in [2.24, 2.45) is 10.7 Å². The summed E-state index contributed by atoms with van der Waals surface area (Å²) in [7, 11) is 3.83. The molecule has 1 aliphatic rings. The fraction of sp³-hybridized carbons (Fsp3) is 0.389. The maximum atomic E-state index is 6.03. The van der Waals surface area contributed by atoms with Crippen LogP contribution >= 0.6 is 23.2 Å². The van der Waals surface area contributed by atoms with Gasteiger partial charge in [-0.2, -0.15) is 15.0 Å². The van der Waals surface area contributed by atoms with E-state index in [4.69, 9.17) is 28.9 Å². The number of benzene rings is 1. The highest BCUT2D eigenvalue weighted by atomic mass is 35.5. The Labute approximate surface area is 174 Å². The minimum atomic E-state index is 0.152. The first-order valence-electron chi connectivity index (χ1n) is 9.00. The molecule has 0 spiro atoms. The second kappa shape index (κ2) is 9.27. The van der Waals surface area contributed by atoms with Crippen LogP contribution in [0.4, 0.5) is 23.3 Å². The second-order valence-corrected chi connectivity index (χ2v) is 7.56. The number of halogens is 2. The van der Waals surface area contributed by atoms with Crippen LogP contribution < -0.4 is 26.6 Å². The monoisotopic (exact) mass is 422 g/mol. The molecular weight excluding hydrogens is 399 g/mol. The van der Waals surface area contributed by atoms with E-state index in [0.717, 1.165) is 31.7 Å². The zero-order valence-corrected chi connectivity index (χ0v) is 17.3. The molecule has 1 saturated heterocycles. The van der Waals surface area contributed by atoms with E-state index in [0.29, 0.717) is 27.6 Å². The van der Waals surface area contributed by atoms with Crippen LogP contribution in [0.25, 0.3) is 0 Å². The Morgan fingerprint density at radius 2 is 2.07 bits per heavy atom. The quantitative estimate of drug-likeness (QED) is 0.433. The van der Waals surface area contributed by atoms with Gasteiger partial charge in [-0.1, -0.05) is 23.2 Å². The number of nitrogens with two attached hydrogens (primary N) is 1. The normalized spacial score (nSPS) is 17.3. The molecule has 0 amide bonds. The smallest absolute Gasteiger partial charge is 0.256 e. The predicted octanol–water partition coefficient (Wildman–Crippen LogP) is 3.07. The minimum absolute atomic E-state index is 0.152. The zero-order valence-electron chi connectivity index (χ0n) is 15.8. The number of rotatable bonds is 5. The molecule has 28 heavy (non-hydrogen) atoms. The van der Waals surface area contributed by atoms with Crippen LogP contribution in [0.5, 0.6) is 0 Å². The summed E-state index contributed by atoms with van der Waals surface area (Å²) in [6.45, 7) is 1.96. The van der Waals surface area contributed by atoms with Gasteiger partial charge in [0.15, 0.2) is 0 Å². The van der Waals surface area contributed by atoms with Crippen LogP contribution in [0.15, 0.2) is 29.3 Å². The lowest BCUT2D eigenvalue weighted by molar-refractivity contribution is 0.479. The second-order valence-electron chi connectivity index (χ2n) is 6.74. The standard InChI is InChI=1S/C18H24Cl2N8/c1-28(2)16-9-15(23-12-4-3-7-22-10-12)25-18(26-16)27-17(21)24-11-5-6-13(19)14(20)8-11/h5-6,8-9,12,22H,3-4,7,10H2,1-2H3,(H4,21,23,24,25,26,27). The lowest BCUT2D eigenvalue weighted by Crippen LogP contribution is -2.38. The number of aromatic nitrogens is 2. The number of hydrogen-bond donors (Lipinski definition) is 4. The molecule has 1 aliphatic heterocycles. The van der Waals surface area contributed by atoms with Crippen LogP contribution in [-0.2, 0) is 0 Å². The fourth-order valence-corrected chi connectivity index (χ4v) is 3.11. The van der Waals surface area contributed by atoms with E-state index in [9.17, 15) is 0 Å². The van der Waals surface area contributed by atoms with Gasteiger partial charge in [-0.3, -0.25) is 0 Å². The van der Waals surface area contributed by atoms with Gasteiger partial charge >= 0.3 is 0 Å². The van der Waals surface area contributed by atoms with Crippen LogP contribution in [0.2, 0.25) is 10.0 Å². The molecule has 2 heterocycles. The van der Waals surface area contributed by atoms with E-state index in [1.807, 2.05) is 25.1 Å². The van der Waals surface area contributed by atoms with Gasteiger partial charge in [-0.25, -0.2) is 0 Å². The Bertz CT molecular complexity index is 849. The minimum Gasteiger partial charge on any atom is -0.369 e. The van der Waals surface area contributed by atoms with Crippen molar-refractivity contribution >= 4 is 52.4 Å². The van der Waals surface area contributed by atoms with Gasteiger partial charge in [0.2, 0.25) is 5.96 Å². The van der Waals surface area contributed by atoms with Crippen LogP contribution in [0.1, 0.15) is 12.8 Å². The molecule has 0 aliphatic carbocycles. The number of anilines is 3. The summed E-state index contributed by atoms with van der Waals surface area (Å²) in [5.74, 6) is 1.87. The van der Waals surface area contributed by atoms with E-state index < -0.39 is 0 Å². The highest BCUT2D eigenvalue weighted by molar-refractivity contribution is 6.42. The molecule has 0 bridgehead atoms. The first-order chi connectivity index (χ1) is 13.4. The Morgan fingerprint density at radius 3 is 2.75 bits per heavy atom. The van der Waals surface area contributed by atoms with Gasteiger partial charge in [-0.15, -0.1) is 0 Å². The Balaban J connectivity index is 1.80. The Morgan fingerprint density at radius 1 is 1.25 bits per heavy atom. The molecule has 1 fully saturated rings. The molecule has 0 radical (unpaired) electrons. The number of piperidine rings is 1. The number of guanidine groups is 1. The molecule has 5 N–H and O–H groups in total. The van der Waals surface area contributed by atoms with Gasteiger partial charge in [0.05, 0.1) is 10.0 Å². The largest absolute Gasteiger partial charge is 0.369 e. The molecule has 1 atom stereocenters. The summed E-state index contributed by atoms with van der Waals surface area (Å²) in [4.78, 5) is 15.1. The number of aliphatic imine (C=N–C) groups is 1. The van der Waals surface area contributed by atoms with Crippen LogP contribution in [-0.4, -0.2) is 49.2 Å². The Kier molecular flexibility index (Phi) is 6.77. The van der Waals surface area contributed by atoms with Crippen molar-refractivity contribution in [2.45, 2.75) is 18.9 Å². The first kappa shape index (κ1) is 20.4. The molecule has 1 unspecified atom stereocenters. The summed E-state index contributed by atoms with van der Waals surface area (Å²) < 4.78 is 0. The van der Waals surface area contributed by atoms with Gasteiger partial charge in [0, 0.05) is 38.4 Å². The van der Waals surface area contributed by atoms with Crippen LogP contribution in [0, 0.1) is 0 Å². The number of nitrogens with one attached hydrogen (secondary N) is 3. The summed E-state index contributed by atoms with van der Waals surface area (Å²) >= 11 is 12.0. The van der Waals surface area contributed by atoms with E-state index >= 15 is 0 Å². The molecule has 1 aromatic heterocycles.